The highest BCUT2D eigenvalue weighted by molar-refractivity contribution is 6.07. The summed E-state index contributed by atoms with van der Waals surface area (Å²) >= 11 is 0. The molecule has 1 aliphatic heterocycles. The average Bonchev–Trinajstić information content (AvgIpc) is 2.41. The monoisotopic (exact) mass is 287 g/mol. The quantitative estimate of drug-likeness (QED) is 0.875. The number of anilines is 3. The van der Waals surface area contributed by atoms with Gasteiger partial charge in [0, 0.05) is 6.07 Å². The van der Waals surface area contributed by atoms with Gasteiger partial charge in [-0.1, -0.05) is 0 Å². The Kier molecular flexibility index (Phi) is 2.83. The number of hydrogen-bond donors (Lipinski definition) is 1. The van der Waals surface area contributed by atoms with Gasteiger partial charge in [-0.2, -0.15) is 0 Å². The summed E-state index contributed by atoms with van der Waals surface area (Å²) in [5.41, 5.74) is 5.62. The first-order chi connectivity index (χ1) is 9.88. The first-order valence-electron chi connectivity index (χ1n) is 6.43. The topological polar surface area (TPSA) is 68.5 Å². The lowest BCUT2D eigenvalue weighted by Gasteiger charge is -2.37. The first-order valence-corrected chi connectivity index (χ1v) is 6.43. The molecular weight excluding hydrogens is 273 g/mol. The summed E-state index contributed by atoms with van der Waals surface area (Å²) in [7, 11) is 0. The van der Waals surface area contributed by atoms with E-state index in [4.69, 9.17) is 10.5 Å². The minimum Gasteiger partial charge on any atom is -0.474 e. The van der Waals surface area contributed by atoms with Gasteiger partial charge in [-0.3, -0.25) is 9.69 Å². The van der Waals surface area contributed by atoms with Crippen molar-refractivity contribution in [2.75, 3.05) is 10.6 Å². The van der Waals surface area contributed by atoms with E-state index in [9.17, 15) is 9.18 Å². The van der Waals surface area contributed by atoms with Gasteiger partial charge in [0.05, 0.1) is 17.6 Å². The smallest absolute Gasteiger partial charge is 0.276 e. The molecule has 0 aliphatic carbocycles. The SMILES string of the molecule is CC1(C)Oc2cc(N)cnc2N(c2ccc(F)cc2)C1=O. The molecule has 2 heterocycles. The summed E-state index contributed by atoms with van der Waals surface area (Å²) in [5, 5.41) is 0. The van der Waals surface area contributed by atoms with Crippen molar-refractivity contribution in [1.29, 1.82) is 0 Å². The van der Waals surface area contributed by atoms with Gasteiger partial charge < -0.3 is 10.5 Å². The summed E-state index contributed by atoms with van der Waals surface area (Å²) in [6, 6.07) is 7.25. The Morgan fingerprint density at radius 1 is 1.29 bits per heavy atom. The molecule has 0 saturated carbocycles. The highest BCUT2D eigenvalue weighted by Crippen LogP contribution is 2.41. The fourth-order valence-corrected chi connectivity index (χ4v) is 2.21. The fraction of sp³-hybridized carbons (Fsp3) is 0.200. The Balaban J connectivity index is 2.18. The molecule has 3 rings (SSSR count). The molecule has 1 aromatic heterocycles. The van der Waals surface area contributed by atoms with Gasteiger partial charge in [-0.05, 0) is 38.1 Å². The number of nitrogens with two attached hydrogens (primary N) is 1. The van der Waals surface area contributed by atoms with Crippen molar-refractivity contribution in [3.8, 4) is 5.75 Å². The predicted molar refractivity (Wildman–Crippen MR) is 76.9 cm³/mol. The molecule has 5 nitrogen and oxygen atoms in total. The zero-order valence-corrected chi connectivity index (χ0v) is 11.6. The minimum absolute atomic E-state index is 0.279. The molecule has 21 heavy (non-hydrogen) atoms. The lowest BCUT2D eigenvalue weighted by Crippen LogP contribution is -2.50. The molecule has 1 aromatic carbocycles. The molecule has 0 spiro atoms. The van der Waals surface area contributed by atoms with E-state index in [-0.39, 0.29) is 11.7 Å². The van der Waals surface area contributed by atoms with Crippen LogP contribution in [-0.2, 0) is 4.79 Å². The Bertz CT molecular complexity index is 713. The van der Waals surface area contributed by atoms with Gasteiger partial charge >= 0.3 is 0 Å². The van der Waals surface area contributed by atoms with Crippen LogP contribution in [-0.4, -0.2) is 16.5 Å². The van der Waals surface area contributed by atoms with Crippen molar-refractivity contribution in [2.24, 2.45) is 0 Å². The van der Waals surface area contributed by atoms with Crippen LogP contribution in [0.5, 0.6) is 5.75 Å². The van der Waals surface area contributed by atoms with Crippen LogP contribution in [0.2, 0.25) is 0 Å². The third-order valence-electron chi connectivity index (χ3n) is 3.23. The molecule has 2 N–H and O–H groups in total. The molecule has 0 bridgehead atoms. The maximum Gasteiger partial charge on any atom is 0.276 e. The Morgan fingerprint density at radius 3 is 2.62 bits per heavy atom. The maximum atomic E-state index is 13.1. The van der Waals surface area contributed by atoms with E-state index in [2.05, 4.69) is 4.98 Å². The van der Waals surface area contributed by atoms with E-state index in [0.717, 1.165) is 0 Å². The highest BCUT2D eigenvalue weighted by atomic mass is 19.1. The second-order valence-corrected chi connectivity index (χ2v) is 5.32. The van der Waals surface area contributed by atoms with Crippen LogP contribution in [0.15, 0.2) is 36.5 Å². The summed E-state index contributed by atoms with van der Waals surface area (Å²) < 4.78 is 18.8. The van der Waals surface area contributed by atoms with E-state index in [1.165, 1.54) is 35.4 Å². The van der Waals surface area contributed by atoms with E-state index < -0.39 is 5.60 Å². The second-order valence-electron chi connectivity index (χ2n) is 5.32. The number of ether oxygens (including phenoxy) is 1. The number of amides is 1. The van der Waals surface area contributed by atoms with Crippen molar-refractivity contribution >= 4 is 23.1 Å². The summed E-state index contributed by atoms with van der Waals surface area (Å²) in [6.07, 6.45) is 1.45. The van der Waals surface area contributed by atoms with Crippen LogP contribution in [0.4, 0.5) is 21.6 Å². The molecule has 1 amide bonds. The van der Waals surface area contributed by atoms with Gasteiger partial charge in [-0.25, -0.2) is 9.37 Å². The Morgan fingerprint density at radius 2 is 1.95 bits per heavy atom. The van der Waals surface area contributed by atoms with Gasteiger partial charge in [-0.15, -0.1) is 0 Å². The molecule has 0 radical (unpaired) electrons. The van der Waals surface area contributed by atoms with Crippen molar-refractivity contribution in [2.45, 2.75) is 19.4 Å². The first kappa shape index (κ1) is 13.4. The molecule has 6 heteroatoms. The number of benzene rings is 1. The van der Waals surface area contributed by atoms with Crippen molar-refractivity contribution in [3.63, 3.8) is 0 Å². The largest absolute Gasteiger partial charge is 0.474 e. The average molecular weight is 287 g/mol. The molecule has 108 valence electrons. The number of carbonyl (C=O) groups excluding carboxylic acids is 1. The van der Waals surface area contributed by atoms with Crippen LogP contribution >= 0.6 is 0 Å². The van der Waals surface area contributed by atoms with E-state index >= 15 is 0 Å². The lowest BCUT2D eigenvalue weighted by molar-refractivity contribution is -0.131. The molecule has 0 atom stereocenters. The number of carbonyl (C=O) groups is 1. The molecular formula is C15H14FN3O2. The number of pyridine rings is 1. The van der Waals surface area contributed by atoms with Crippen LogP contribution < -0.4 is 15.4 Å². The van der Waals surface area contributed by atoms with Crippen molar-refractivity contribution in [1.82, 2.24) is 4.98 Å². The van der Waals surface area contributed by atoms with Gasteiger partial charge in [0.15, 0.2) is 17.2 Å². The predicted octanol–water partition coefficient (Wildman–Crippen LogP) is 2.64. The minimum atomic E-state index is -1.06. The van der Waals surface area contributed by atoms with Gasteiger partial charge in [0.2, 0.25) is 0 Å². The maximum absolute atomic E-state index is 13.1. The highest BCUT2D eigenvalue weighted by Gasteiger charge is 2.42. The van der Waals surface area contributed by atoms with E-state index in [1.54, 1.807) is 19.9 Å². The van der Waals surface area contributed by atoms with Crippen LogP contribution in [0, 0.1) is 5.82 Å². The molecule has 1 aliphatic rings. The third kappa shape index (κ3) is 2.18. The third-order valence-corrected chi connectivity index (χ3v) is 3.23. The Hall–Kier alpha value is -2.63. The molecule has 2 aromatic rings. The zero-order chi connectivity index (χ0) is 15.2. The van der Waals surface area contributed by atoms with Crippen LogP contribution in [0.3, 0.4) is 0 Å². The molecule has 0 unspecified atom stereocenters. The van der Waals surface area contributed by atoms with Crippen molar-refractivity contribution < 1.29 is 13.9 Å². The lowest BCUT2D eigenvalue weighted by atomic mass is 10.0. The van der Waals surface area contributed by atoms with E-state index in [1.807, 2.05) is 0 Å². The number of nitrogen functional groups attached to an aromatic ring is 1. The summed E-state index contributed by atoms with van der Waals surface area (Å²) in [4.78, 5) is 18.2. The van der Waals surface area contributed by atoms with Crippen LogP contribution in [0.25, 0.3) is 0 Å². The summed E-state index contributed by atoms with van der Waals surface area (Å²) in [6.45, 7) is 3.33. The van der Waals surface area contributed by atoms with Crippen molar-refractivity contribution in [3.05, 3.63) is 42.3 Å². The number of nitrogens with zero attached hydrogens (tertiary/aromatic N) is 2. The molecule has 0 fully saturated rings. The normalized spacial score (nSPS) is 16.3. The number of hydrogen-bond acceptors (Lipinski definition) is 4. The van der Waals surface area contributed by atoms with E-state index in [0.29, 0.717) is 22.9 Å². The Labute approximate surface area is 121 Å². The van der Waals surface area contributed by atoms with Gasteiger partial charge in [0.25, 0.3) is 5.91 Å². The second kappa shape index (κ2) is 4.44. The number of halogens is 1. The van der Waals surface area contributed by atoms with Crippen LogP contribution in [0.1, 0.15) is 13.8 Å². The molecule has 0 saturated heterocycles. The standard InChI is InChI=1S/C15H14FN3O2/c1-15(2)14(20)19(11-5-3-9(16)4-6-11)13-12(21-15)7-10(17)8-18-13/h3-8H,17H2,1-2H3. The fourth-order valence-electron chi connectivity index (χ4n) is 2.21. The number of fused-ring (bicyclic) bond motifs is 1. The van der Waals surface area contributed by atoms with Gasteiger partial charge in [0.1, 0.15) is 5.82 Å². The summed E-state index contributed by atoms with van der Waals surface area (Å²) in [5.74, 6) is 0.118. The number of rotatable bonds is 1. The zero-order valence-electron chi connectivity index (χ0n) is 11.6. The number of aromatic nitrogens is 1.